The van der Waals surface area contributed by atoms with E-state index in [2.05, 4.69) is 42.0 Å². The van der Waals surface area contributed by atoms with Crippen LogP contribution in [0.2, 0.25) is 0 Å². The monoisotopic (exact) mass is 848 g/mol. The van der Waals surface area contributed by atoms with Crippen LogP contribution >= 0.6 is 15.6 Å². The fourth-order valence-corrected chi connectivity index (χ4v) is 5.97. The number of phosphoric ester groups is 2. The van der Waals surface area contributed by atoms with Crippen molar-refractivity contribution in [2.24, 2.45) is 5.92 Å². The molecule has 328 valence electrons. The van der Waals surface area contributed by atoms with Gasteiger partial charge < -0.3 is 34.4 Å². The second-order valence-corrected chi connectivity index (χ2v) is 16.6. The van der Waals surface area contributed by atoms with E-state index in [0.29, 0.717) is 31.6 Å². The number of rotatable bonds is 36. The molecule has 0 aromatic heterocycles. The van der Waals surface area contributed by atoms with Gasteiger partial charge in [0.25, 0.3) is 0 Å². The van der Waals surface area contributed by atoms with Crippen LogP contribution in [0.4, 0.5) is 0 Å². The molecule has 0 aliphatic carbocycles. The maximum absolute atomic E-state index is 12.6. The lowest BCUT2D eigenvalue weighted by atomic mass is 10.0. The summed E-state index contributed by atoms with van der Waals surface area (Å²) in [6.45, 7) is 3.67. The molecule has 0 rings (SSSR count). The van der Waals surface area contributed by atoms with Crippen molar-refractivity contribution in [1.29, 1.82) is 0 Å². The van der Waals surface area contributed by atoms with Gasteiger partial charge >= 0.3 is 27.6 Å². The first-order chi connectivity index (χ1) is 27.1. The van der Waals surface area contributed by atoms with Gasteiger partial charge in [0, 0.05) is 12.8 Å². The number of carbonyl (C=O) groups is 2. The van der Waals surface area contributed by atoms with Crippen molar-refractivity contribution in [3.05, 3.63) is 72.9 Å². The highest BCUT2D eigenvalue weighted by Gasteiger charge is 2.28. The van der Waals surface area contributed by atoms with Gasteiger partial charge in [0.1, 0.15) is 12.7 Å². The summed E-state index contributed by atoms with van der Waals surface area (Å²) in [5.41, 5.74) is 0. The molecule has 14 nitrogen and oxygen atoms in total. The van der Waals surface area contributed by atoms with Crippen molar-refractivity contribution in [2.45, 2.75) is 142 Å². The predicted octanol–water partition coefficient (Wildman–Crippen LogP) is 8.66. The summed E-state index contributed by atoms with van der Waals surface area (Å²) < 4.78 is 47.5. The average Bonchev–Trinajstić information content (AvgIpc) is 3.15. The molecule has 0 spiro atoms. The lowest BCUT2D eigenvalue weighted by molar-refractivity contribution is -0.161. The molecule has 5 N–H and O–H groups in total. The van der Waals surface area contributed by atoms with Crippen LogP contribution in [0.3, 0.4) is 0 Å². The van der Waals surface area contributed by atoms with Crippen molar-refractivity contribution in [2.75, 3.05) is 26.4 Å². The zero-order valence-electron chi connectivity index (χ0n) is 34.2. The Hall–Kier alpha value is -2.48. The molecule has 57 heavy (non-hydrogen) atoms. The van der Waals surface area contributed by atoms with Gasteiger partial charge in [0.15, 0.2) is 6.10 Å². The third-order valence-corrected chi connectivity index (χ3v) is 9.31. The average molecular weight is 849 g/mol. The van der Waals surface area contributed by atoms with Gasteiger partial charge in [-0.15, -0.1) is 0 Å². The van der Waals surface area contributed by atoms with E-state index in [1.807, 2.05) is 54.7 Å². The van der Waals surface area contributed by atoms with Gasteiger partial charge in [-0.2, -0.15) is 0 Å². The van der Waals surface area contributed by atoms with Gasteiger partial charge in [0.2, 0.25) is 0 Å². The van der Waals surface area contributed by atoms with Crippen molar-refractivity contribution in [3.63, 3.8) is 0 Å². The minimum atomic E-state index is -4.87. The van der Waals surface area contributed by atoms with Gasteiger partial charge in [-0.1, -0.05) is 139 Å². The Bertz CT molecular complexity index is 1320. The Morgan fingerprint density at radius 3 is 1.88 bits per heavy atom. The number of phosphoric acid groups is 2. The fraction of sp³-hybridized carbons (Fsp3) is 0.659. The van der Waals surface area contributed by atoms with Gasteiger partial charge in [-0.3, -0.25) is 23.2 Å². The number of allylic oxidation sites excluding steroid dienone is 10. The summed E-state index contributed by atoms with van der Waals surface area (Å²) in [6.07, 6.45) is 32.7. The normalized spacial score (nSPS) is 15.5. The van der Waals surface area contributed by atoms with Crippen LogP contribution < -0.4 is 0 Å². The quantitative estimate of drug-likeness (QED) is 0.0131. The first kappa shape index (κ1) is 54.5. The van der Waals surface area contributed by atoms with Gasteiger partial charge in [-0.05, 0) is 50.9 Å². The first-order valence-electron chi connectivity index (χ1n) is 20.1. The molecule has 4 atom stereocenters. The number of esters is 2. The third kappa shape index (κ3) is 40.1. The molecule has 2 unspecified atom stereocenters. The summed E-state index contributed by atoms with van der Waals surface area (Å²) >= 11 is 0. The van der Waals surface area contributed by atoms with E-state index in [-0.39, 0.29) is 12.8 Å². The number of unbranched alkanes of at least 4 members (excludes halogenated alkanes) is 6. The van der Waals surface area contributed by atoms with Crippen LogP contribution in [0, 0.1) is 5.92 Å². The molecule has 0 heterocycles. The highest BCUT2D eigenvalue weighted by Crippen LogP contribution is 2.43. The van der Waals surface area contributed by atoms with Crippen LogP contribution in [0.1, 0.15) is 124 Å². The number of hydrogen-bond donors (Lipinski definition) is 5. The second kappa shape index (κ2) is 35.5. The number of aliphatic hydroxyl groups is 2. The number of ether oxygens (including phenoxy) is 2. The zero-order chi connectivity index (χ0) is 42.6. The van der Waals surface area contributed by atoms with E-state index < -0.39 is 72.3 Å². The molecule has 0 bridgehead atoms. The molecule has 16 heteroatoms. The van der Waals surface area contributed by atoms with Crippen LogP contribution in [-0.2, 0) is 41.8 Å². The Morgan fingerprint density at radius 2 is 1.21 bits per heavy atom. The molecule has 0 aliphatic heterocycles. The second-order valence-electron chi connectivity index (χ2n) is 13.9. The van der Waals surface area contributed by atoms with Crippen LogP contribution in [0.5, 0.6) is 0 Å². The molecule has 0 saturated carbocycles. The molecule has 0 aromatic rings. The topological polar surface area (TPSA) is 216 Å². The smallest absolute Gasteiger partial charge is 0.462 e. The maximum atomic E-state index is 12.6. The number of hydrogen-bond acceptors (Lipinski definition) is 11. The van der Waals surface area contributed by atoms with E-state index >= 15 is 0 Å². The molecular weight excluding hydrogens is 778 g/mol. The molecule has 0 fully saturated rings. The summed E-state index contributed by atoms with van der Waals surface area (Å²) in [5.74, 6) is -0.467. The standard InChI is InChI=1S/C41H70O14P2/c1-4-5-6-7-18-23-28-37(42)29-24-19-14-10-8-9-11-15-20-25-30-40(44)51-34-39(35-54-57(49,50)53-33-38(43)32-52-56(46,47)48)55-41(45)31-26-21-16-12-13-17-22-27-36(2)3/h5-6,8-9,14-15,18-20,23-24,29,36-39,42-43H,4,7,10-13,16-17,21-22,25-28,30-35H2,1-3H3,(H,49,50)(H2,46,47,48)/b6-5-,9-8-,19-14-,20-15-,23-18-,29-24+/t37?,38-,39+/m0/s1. The Labute approximate surface area is 340 Å². The molecule has 0 saturated heterocycles. The summed E-state index contributed by atoms with van der Waals surface area (Å²) in [7, 11) is -9.70. The van der Waals surface area contributed by atoms with Crippen molar-refractivity contribution in [1.82, 2.24) is 0 Å². The predicted molar refractivity (Wildman–Crippen MR) is 222 cm³/mol. The fourth-order valence-electron chi connectivity index (χ4n) is 4.82. The highest BCUT2D eigenvalue weighted by atomic mass is 31.2. The van der Waals surface area contributed by atoms with E-state index in [9.17, 15) is 33.8 Å². The largest absolute Gasteiger partial charge is 0.472 e. The van der Waals surface area contributed by atoms with Crippen molar-refractivity contribution in [3.8, 4) is 0 Å². The minimum Gasteiger partial charge on any atom is -0.462 e. The first-order valence-corrected chi connectivity index (χ1v) is 23.1. The van der Waals surface area contributed by atoms with Crippen LogP contribution in [0.15, 0.2) is 72.9 Å². The van der Waals surface area contributed by atoms with Gasteiger partial charge in [0.05, 0.1) is 25.9 Å². The summed E-state index contributed by atoms with van der Waals surface area (Å²) in [4.78, 5) is 52.4. The lowest BCUT2D eigenvalue weighted by Gasteiger charge is -2.20. The number of aliphatic hydroxyl groups excluding tert-OH is 2. The van der Waals surface area contributed by atoms with Crippen molar-refractivity contribution < 1.29 is 66.7 Å². The molecule has 0 radical (unpaired) electrons. The van der Waals surface area contributed by atoms with E-state index in [1.165, 1.54) is 19.3 Å². The van der Waals surface area contributed by atoms with E-state index in [0.717, 1.165) is 44.9 Å². The van der Waals surface area contributed by atoms with Crippen molar-refractivity contribution >= 4 is 27.6 Å². The highest BCUT2D eigenvalue weighted by molar-refractivity contribution is 7.47. The zero-order valence-corrected chi connectivity index (χ0v) is 36.0. The van der Waals surface area contributed by atoms with E-state index in [1.54, 1.807) is 6.08 Å². The lowest BCUT2D eigenvalue weighted by Crippen LogP contribution is -2.29. The Balaban J connectivity index is 4.71. The maximum Gasteiger partial charge on any atom is 0.472 e. The molecular formula is C41H70O14P2. The minimum absolute atomic E-state index is 0.0437. The van der Waals surface area contributed by atoms with Crippen LogP contribution in [-0.4, -0.2) is 81.6 Å². The SMILES string of the molecule is CC/C=C\C/C=C\CC(O)/C=C/C=C\C/C=C\C/C=C\CCC(=O)OC[C@H](COP(=O)(O)OC[C@@H](O)COP(=O)(O)O)OC(=O)CCCCCCCCCC(C)C. The molecule has 0 aliphatic rings. The Morgan fingerprint density at radius 1 is 0.632 bits per heavy atom. The number of carbonyl (C=O) groups excluding carboxylic acids is 2. The molecule has 0 amide bonds. The third-order valence-electron chi connectivity index (χ3n) is 7.87. The summed E-state index contributed by atoms with van der Waals surface area (Å²) in [6, 6.07) is 0. The van der Waals surface area contributed by atoms with E-state index in [4.69, 9.17) is 23.8 Å². The Kier molecular flexibility index (Phi) is 33.9. The summed E-state index contributed by atoms with van der Waals surface area (Å²) in [5, 5.41) is 19.7. The van der Waals surface area contributed by atoms with Crippen LogP contribution in [0.25, 0.3) is 0 Å². The van der Waals surface area contributed by atoms with Gasteiger partial charge in [-0.25, -0.2) is 9.13 Å². The molecule has 0 aromatic carbocycles.